The van der Waals surface area contributed by atoms with E-state index in [9.17, 15) is 9.18 Å². The monoisotopic (exact) mass is 484 g/mol. The summed E-state index contributed by atoms with van der Waals surface area (Å²) in [6.45, 7) is 6.20. The lowest BCUT2D eigenvalue weighted by Gasteiger charge is -2.45. The van der Waals surface area contributed by atoms with Crippen molar-refractivity contribution in [3.8, 4) is 11.5 Å². The van der Waals surface area contributed by atoms with Crippen molar-refractivity contribution in [1.29, 1.82) is 0 Å². The van der Waals surface area contributed by atoms with Gasteiger partial charge in [0.2, 0.25) is 0 Å². The molecule has 194 valence electrons. The fraction of sp³-hybridized carbons (Fsp3) is 0.710. The van der Waals surface area contributed by atoms with Gasteiger partial charge in [0.05, 0.1) is 5.92 Å². The van der Waals surface area contributed by atoms with Gasteiger partial charge in [-0.1, -0.05) is 51.7 Å². The summed E-state index contributed by atoms with van der Waals surface area (Å²) in [6, 6.07) is 4.37. The van der Waals surface area contributed by atoms with E-state index in [1.54, 1.807) is 12.1 Å². The third-order valence-corrected chi connectivity index (χ3v) is 9.23. The van der Waals surface area contributed by atoms with Crippen LogP contribution in [0.1, 0.15) is 96.8 Å². The van der Waals surface area contributed by atoms with Crippen LogP contribution in [0.2, 0.25) is 0 Å². The predicted octanol–water partition coefficient (Wildman–Crippen LogP) is 8.52. The van der Waals surface area contributed by atoms with Crippen LogP contribution in [0.15, 0.2) is 30.9 Å². The van der Waals surface area contributed by atoms with Crippen LogP contribution in [-0.2, 0) is 4.79 Å². The number of rotatable bonds is 10. The highest BCUT2D eigenvalue weighted by Gasteiger charge is 2.39. The zero-order valence-corrected chi connectivity index (χ0v) is 21.7. The van der Waals surface area contributed by atoms with Gasteiger partial charge in [-0.2, -0.15) is 0 Å². The first-order valence-electron chi connectivity index (χ1n) is 14.3. The Bertz CT molecular complexity index is 829. The van der Waals surface area contributed by atoms with Gasteiger partial charge in [0.15, 0.2) is 11.6 Å². The Balaban J connectivity index is 1.20. The number of carbonyl (C=O) groups excluding carboxylic acids is 1. The van der Waals surface area contributed by atoms with Crippen molar-refractivity contribution in [3.05, 3.63) is 36.7 Å². The van der Waals surface area contributed by atoms with Gasteiger partial charge in [-0.15, -0.1) is 0 Å². The second-order valence-electron chi connectivity index (χ2n) is 11.5. The van der Waals surface area contributed by atoms with E-state index in [2.05, 4.69) is 13.5 Å². The molecule has 0 bridgehead atoms. The fourth-order valence-corrected chi connectivity index (χ4v) is 7.22. The van der Waals surface area contributed by atoms with Crippen LogP contribution < -0.4 is 9.47 Å². The van der Waals surface area contributed by atoms with Crippen LogP contribution >= 0.6 is 0 Å². The molecule has 3 saturated carbocycles. The van der Waals surface area contributed by atoms with Crippen molar-refractivity contribution < 1.29 is 18.7 Å². The number of ether oxygens (including phenoxy) is 2. The lowest BCUT2D eigenvalue weighted by molar-refractivity contribution is -0.140. The molecule has 1 aromatic carbocycles. The maximum Gasteiger partial charge on any atom is 0.314 e. The van der Waals surface area contributed by atoms with Crippen LogP contribution in [0, 0.1) is 41.3 Å². The Morgan fingerprint density at radius 1 is 0.971 bits per heavy atom. The van der Waals surface area contributed by atoms with Crippen molar-refractivity contribution in [2.75, 3.05) is 6.61 Å². The van der Waals surface area contributed by atoms with Gasteiger partial charge in [0.1, 0.15) is 12.4 Å². The summed E-state index contributed by atoms with van der Waals surface area (Å²) in [5.41, 5.74) is 0. The molecule has 3 aliphatic carbocycles. The second kappa shape index (κ2) is 12.9. The molecule has 4 heteroatoms. The zero-order valence-electron chi connectivity index (χ0n) is 21.7. The normalized spacial score (nSPS) is 30.8. The molecular weight excluding hydrogens is 439 g/mol. The van der Waals surface area contributed by atoms with Gasteiger partial charge in [-0.05, 0) is 99.5 Å². The predicted molar refractivity (Wildman–Crippen MR) is 139 cm³/mol. The number of carbonyl (C=O) groups is 1. The van der Waals surface area contributed by atoms with E-state index in [1.807, 2.05) is 0 Å². The van der Waals surface area contributed by atoms with E-state index < -0.39 is 5.82 Å². The standard InChI is InChI=1S/C31H45FO3/c1-3-5-6-7-22-8-9-27-20-26(15-14-25(27)19-22)23-10-12-24(13-11-23)31(33)35-30-17-16-28(21-29(30)32)34-18-4-2/h4,16-17,21-27H,2-3,5-15,18-20H2,1H3. The molecule has 0 heterocycles. The zero-order chi connectivity index (χ0) is 24.6. The molecule has 4 unspecified atom stereocenters. The summed E-state index contributed by atoms with van der Waals surface area (Å²) in [7, 11) is 0. The SMILES string of the molecule is C=CCOc1ccc(OC(=O)C2CCC(C3CCC4CC(CCCCC)CCC4C3)CC2)c(F)c1. The Morgan fingerprint density at radius 3 is 2.37 bits per heavy atom. The number of halogens is 1. The summed E-state index contributed by atoms with van der Waals surface area (Å²) >= 11 is 0. The number of benzene rings is 1. The van der Waals surface area contributed by atoms with Crippen molar-refractivity contribution in [3.63, 3.8) is 0 Å². The summed E-state index contributed by atoms with van der Waals surface area (Å²) in [6.07, 6.45) is 19.8. The first-order chi connectivity index (χ1) is 17.1. The molecule has 0 aromatic heterocycles. The number of unbranched alkanes of at least 4 members (excludes halogenated alkanes) is 2. The highest BCUT2D eigenvalue weighted by atomic mass is 19.1. The molecule has 0 N–H and O–H groups in total. The molecule has 3 aliphatic rings. The highest BCUT2D eigenvalue weighted by Crippen LogP contribution is 2.49. The molecule has 0 amide bonds. The van der Waals surface area contributed by atoms with E-state index in [0.717, 1.165) is 55.3 Å². The van der Waals surface area contributed by atoms with E-state index in [1.165, 1.54) is 76.3 Å². The minimum Gasteiger partial charge on any atom is -0.489 e. The molecule has 4 rings (SSSR count). The van der Waals surface area contributed by atoms with Crippen molar-refractivity contribution in [1.82, 2.24) is 0 Å². The molecule has 0 saturated heterocycles. The quantitative estimate of drug-likeness (QED) is 0.144. The molecular formula is C31H45FO3. The van der Waals surface area contributed by atoms with Crippen LogP contribution in [0.4, 0.5) is 4.39 Å². The lowest BCUT2D eigenvalue weighted by atomic mass is 9.60. The Morgan fingerprint density at radius 2 is 1.66 bits per heavy atom. The lowest BCUT2D eigenvalue weighted by Crippen LogP contribution is -2.35. The minimum absolute atomic E-state index is 0.00769. The van der Waals surface area contributed by atoms with Crippen molar-refractivity contribution in [2.24, 2.45) is 35.5 Å². The number of fused-ring (bicyclic) bond motifs is 1. The second-order valence-corrected chi connectivity index (χ2v) is 11.5. The number of esters is 1. The largest absolute Gasteiger partial charge is 0.489 e. The molecule has 35 heavy (non-hydrogen) atoms. The first-order valence-corrected chi connectivity index (χ1v) is 14.3. The molecule has 1 aromatic rings. The number of hydrogen-bond donors (Lipinski definition) is 0. The third-order valence-electron chi connectivity index (χ3n) is 9.23. The van der Waals surface area contributed by atoms with E-state index in [0.29, 0.717) is 12.4 Å². The van der Waals surface area contributed by atoms with Gasteiger partial charge >= 0.3 is 5.97 Å². The third kappa shape index (κ3) is 7.11. The van der Waals surface area contributed by atoms with Gasteiger partial charge in [-0.25, -0.2) is 4.39 Å². The first kappa shape index (κ1) is 26.2. The molecule has 0 radical (unpaired) electrons. The highest BCUT2D eigenvalue weighted by molar-refractivity contribution is 5.75. The van der Waals surface area contributed by atoms with Crippen LogP contribution in [-0.4, -0.2) is 12.6 Å². The number of hydrogen-bond acceptors (Lipinski definition) is 3. The van der Waals surface area contributed by atoms with Gasteiger partial charge in [0, 0.05) is 6.07 Å². The smallest absolute Gasteiger partial charge is 0.314 e. The summed E-state index contributed by atoms with van der Waals surface area (Å²) in [5, 5.41) is 0. The molecule has 3 nitrogen and oxygen atoms in total. The summed E-state index contributed by atoms with van der Waals surface area (Å²) in [5.74, 6) is 3.93. The maximum atomic E-state index is 14.4. The Hall–Kier alpha value is -1.84. The fourth-order valence-electron chi connectivity index (χ4n) is 7.22. The van der Waals surface area contributed by atoms with Crippen molar-refractivity contribution in [2.45, 2.75) is 96.8 Å². The van der Waals surface area contributed by atoms with E-state index in [-0.39, 0.29) is 17.6 Å². The van der Waals surface area contributed by atoms with Crippen LogP contribution in [0.3, 0.4) is 0 Å². The molecule has 3 fully saturated rings. The average molecular weight is 485 g/mol. The summed E-state index contributed by atoms with van der Waals surface area (Å²) < 4.78 is 25.2. The average Bonchev–Trinajstić information content (AvgIpc) is 2.88. The summed E-state index contributed by atoms with van der Waals surface area (Å²) in [4.78, 5) is 12.7. The van der Waals surface area contributed by atoms with Crippen molar-refractivity contribution >= 4 is 5.97 Å². The Labute approximate surface area is 211 Å². The molecule has 0 spiro atoms. The topological polar surface area (TPSA) is 35.5 Å². The Kier molecular flexibility index (Phi) is 9.68. The van der Waals surface area contributed by atoms with E-state index >= 15 is 0 Å². The molecule has 4 atom stereocenters. The minimum atomic E-state index is -0.564. The van der Waals surface area contributed by atoms with Crippen LogP contribution in [0.25, 0.3) is 0 Å². The van der Waals surface area contributed by atoms with E-state index in [4.69, 9.17) is 9.47 Å². The molecule has 0 aliphatic heterocycles. The van der Waals surface area contributed by atoms with Gasteiger partial charge in [0.25, 0.3) is 0 Å². The van der Waals surface area contributed by atoms with Crippen LogP contribution in [0.5, 0.6) is 11.5 Å². The van der Waals surface area contributed by atoms with Gasteiger partial charge < -0.3 is 9.47 Å². The maximum absolute atomic E-state index is 14.4. The van der Waals surface area contributed by atoms with Gasteiger partial charge in [-0.3, -0.25) is 4.79 Å².